The lowest BCUT2D eigenvalue weighted by molar-refractivity contribution is 0.685. The van der Waals surface area contributed by atoms with Crippen molar-refractivity contribution in [2.45, 2.75) is 19.5 Å². The average molecular weight is 473 g/mol. The van der Waals surface area contributed by atoms with Crippen molar-refractivity contribution in [1.82, 2.24) is 15.1 Å². The van der Waals surface area contributed by atoms with Crippen molar-refractivity contribution in [2.24, 2.45) is 4.99 Å². The Morgan fingerprint density at radius 2 is 1.96 bits per heavy atom. The second kappa shape index (κ2) is 9.03. The Morgan fingerprint density at radius 1 is 1.11 bits per heavy atom. The van der Waals surface area contributed by atoms with Crippen molar-refractivity contribution in [3.8, 4) is 0 Å². The molecule has 1 N–H and O–H groups in total. The van der Waals surface area contributed by atoms with Crippen LogP contribution >= 0.6 is 24.0 Å². The molecule has 140 valence electrons. The normalized spacial score (nSPS) is 13.2. The van der Waals surface area contributed by atoms with E-state index in [1.54, 1.807) is 0 Å². The third-order valence-corrected chi connectivity index (χ3v) is 4.70. The number of hydrogen-bond donors (Lipinski definition) is 1. The minimum atomic E-state index is 0. The van der Waals surface area contributed by atoms with E-state index in [1.807, 2.05) is 30.2 Å². The standard InChI is InChI=1S/C21H23N5.HI/c1-22-21(26-13-10-19-8-2-3-9-20(19)26)23-15-17-6-4-7-18(14-17)16-25-12-5-11-24-25;/h2-9,11-12,14H,10,13,15-16H2,1H3,(H,22,23);1H. The molecule has 27 heavy (non-hydrogen) atoms. The summed E-state index contributed by atoms with van der Waals surface area (Å²) in [7, 11) is 1.84. The highest BCUT2D eigenvalue weighted by Crippen LogP contribution is 2.27. The Labute approximate surface area is 177 Å². The molecule has 0 aliphatic carbocycles. The van der Waals surface area contributed by atoms with Gasteiger partial charge in [0, 0.05) is 38.2 Å². The Morgan fingerprint density at radius 3 is 2.78 bits per heavy atom. The lowest BCUT2D eigenvalue weighted by Gasteiger charge is -2.22. The van der Waals surface area contributed by atoms with E-state index < -0.39 is 0 Å². The fourth-order valence-electron chi connectivity index (χ4n) is 3.45. The maximum Gasteiger partial charge on any atom is 0.198 e. The quantitative estimate of drug-likeness (QED) is 0.357. The van der Waals surface area contributed by atoms with Crippen LogP contribution in [0, 0.1) is 0 Å². The molecule has 1 aliphatic heterocycles. The molecule has 0 fully saturated rings. The first-order chi connectivity index (χ1) is 12.8. The number of guanidine groups is 1. The van der Waals surface area contributed by atoms with Gasteiger partial charge in [-0.3, -0.25) is 9.67 Å². The molecule has 0 bridgehead atoms. The van der Waals surface area contributed by atoms with Gasteiger partial charge >= 0.3 is 0 Å². The number of benzene rings is 2. The van der Waals surface area contributed by atoms with Crippen LogP contribution in [0.1, 0.15) is 16.7 Å². The molecule has 3 aromatic rings. The van der Waals surface area contributed by atoms with Crippen molar-refractivity contribution in [1.29, 1.82) is 0 Å². The first kappa shape index (κ1) is 19.4. The maximum absolute atomic E-state index is 4.48. The van der Waals surface area contributed by atoms with E-state index in [9.17, 15) is 0 Å². The van der Waals surface area contributed by atoms with E-state index in [1.165, 1.54) is 22.4 Å². The topological polar surface area (TPSA) is 45.5 Å². The van der Waals surface area contributed by atoms with Crippen molar-refractivity contribution < 1.29 is 0 Å². The fraction of sp³-hybridized carbons (Fsp3) is 0.238. The number of nitrogens with zero attached hydrogens (tertiary/aromatic N) is 4. The summed E-state index contributed by atoms with van der Waals surface area (Å²) in [4.78, 5) is 6.75. The summed E-state index contributed by atoms with van der Waals surface area (Å²) in [6.45, 7) is 2.51. The third-order valence-electron chi connectivity index (χ3n) is 4.70. The Balaban J connectivity index is 0.00000210. The molecule has 0 atom stereocenters. The minimum Gasteiger partial charge on any atom is -0.352 e. The van der Waals surface area contributed by atoms with Gasteiger partial charge in [0.25, 0.3) is 0 Å². The molecular weight excluding hydrogens is 449 g/mol. The molecule has 2 aromatic carbocycles. The van der Waals surface area contributed by atoms with Crippen LogP contribution in [0.4, 0.5) is 5.69 Å². The number of fused-ring (bicyclic) bond motifs is 1. The summed E-state index contributed by atoms with van der Waals surface area (Å²) in [6.07, 6.45) is 4.86. The van der Waals surface area contributed by atoms with Gasteiger partial charge in [0.2, 0.25) is 0 Å². The summed E-state index contributed by atoms with van der Waals surface area (Å²) in [5.74, 6) is 0.924. The molecule has 1 aliphatic rings. The van der Waals surface area contributed by atoms with Crippen LogP contribution in [0.3, 0.4) is 0 Å². The fourth-order valence-corrected chi connectivity index (χ4v) is 3.45. The minimum absolute atomic E-state index is 0. The van der Waals surface area contributed by atoms with Crippen LogP contribution in [0.25, 0.3) is 0 Å². The smallest absolute Gasteiger partial charge is 0.198 e. The van der Waals surface area contributed by atoms with Crippen molar-refractivity contribution >= 4 is 35.6 Å². The molecule has 2 heterocycles. The first-order valence-electron chi connectivity index (χ1n) is 8.95. The Kier molecular flexibility index (Phi) is 6.49. The van der Waals surface area contributed by atoms with Gasteiger partial charge in [0.05, 0.1) is 6.54 Å². The van der Waals surface area contributed by atoms with E-state index in [0.717, 1.165) is 32.0 Å². The second-order valence-electron chi connectivity index (χ2n) is 6.45. The van der Waals surface area contributed by atoms with Gasteiger partial charge in [-0.25, -0.2) is 0 Å². The van der Waals surface area contributed by atoms with Crippen molar-refractivity contribution in [3.63, 3.8) is 0 Å². The number of halogens is 1. The number of anilines is 1. The van der Waals surface area contributed by atoms with Crippen LogP contribution in [0.15, 0.2) is 72.0 Å². The van der Waals surface area contributed by atoms with Gasteiger partial charge in [-0.2, -0.15) is 5.10 Å². The summed E-state index contributed by atoms with van der Waals surface area (Å²) in [5, 5.41) is 7.79. The van der Waals surface area contributed by atoms with Gasteiger partial charge in [0.15, 0.2) is 5.96 Å². The number of aromatic nitrogens is 2. The summed E-state index contributed by atoms with van der Waals surface area (Å²) < 4.78 is 1.94. The zero-order valence-electron chi connectivity index (χ0n) is 15.4. The number of para-hydroxylation sites is 1. The van der Waals surface area contributed by atoms with E-state index in [2.05, 4.69) is 68.8 Å². The van der Waals surface area contributed by atoms with Gasteiger partial charge in [0.1, 0.15) is 0 Å². The SMILES string of the molecule is CN=C(NCc1cccc(Cn2cccn2)c1)N1CCc2ccccc21.I. The molecule has 0 saturated heterocycles. The number of nitrogens with one attached hydrogen (secondary N) is 1. The second-order valence-corrected chi connectivity index (χ2v) is 6.45. The predicted octanol–water partition coefficient (Wildman–Crippen LogP) is 3.69. The zero-order valence-corrected chi connectivity index (χ0v) is 17.7. The van der Waals surface area contributed by atoms with Gasteiger partial charge in [-0.05, 0) is 35.2 Å². The molecular formula is C21H24IN5. The molecule has 0 amide bonds. The summed E-state index contributed by atoms with van der Waals surface area (Å²) in [5.41, 5.74) is 5.13. The van der Waals surface area contributed by atoms with E-state index in [-0.39, 0.29) is 24.0 Å². The monoisotopic (exact) mass is 473 g/mol. The summed E-state index contributed by atoms with van der Waals surface area (Å²) >= 11 is 0. The average Bonchev–Trinajstić information content (AvgIpc) is 3.33. The Bertz CT molecular complexity index is 904. The lowest BCUT2D eigenvalue weighted by atomic mass is 10.1. The molecule has 1 aromatic heterocycles. The highest BCUT2D eigenvalue weighted by Gasteiger charge is 2.22. The highest BCUT2D eigenvalue weighted by molar-refractivity contribution is 14.0. The van der Waals surface area contributed by atoms with E-state index in [4.69, 9.17) is 0 Å². The highest BCUT2D eigenvalue weighted by atomic mass is 127. The molecule has 0 saturated carbocycles. The molecule has 6 heteroatoms. The molecule has 0 spiro atoms. The molecule has 0 radical (unpaired) electrons. The third kappa shape index (κ3) is 4.50. The summed E-state index contributed by atoms with van der Waals surface area (Å²) in [6, 6.07) is 19.1. The Hall–Kier alpha value is -2.35. The first-order valence-corrected chi connectivity index (χ1v) is 8.95. The van der Waals surface area contributed by atoms with Crippen molar-refractivity contribution in [3.05, 3.63) is 83.7 Å². The van der Waals surface area contributed by atoms with Gasteiger partial charge < -0.3 is 10.2 Å². The number of rotatable bonds is 4. The maximum atomic E-state index is 4.48. The van der Waals surface area contributed by atoms with Gasteiger partial charge in [-0.15, -0.1) is 24.0 Å². The van der Waals surface area contributed by atoms with E-state index in [0.29, 0.717) is 0 Å². The molecule has 4 rings (SSSR count). The lowest BCUT2D eigenvalue weighted by Crippen LogP contribution is -2.40. The van der Waals surface area contributed by atoms with Gasteiger partial charge in [-0.1, -0.05) is 42.5 Å². The zero-order chi connectivity index (χ0) is 17.8. The molecule has 5 nitrogen and oxygen atoms in total. The number of aliphatic imine (C=N–C) groups is 1. The number of hydrogen-bond acceptors (Lipinski definition) is 2. The van der Waals surface area contributed by atoms with Crippen LogP contribution < -0.4 is 10.2 Å². The van der Waals surface area contributed by atoms with Crippen LogP contribution in [-0.4, -0.2) is 29.3 Å². The van der Waals surface area contributed by atoms with Crippen molar-refractivity contribution in [2.75, 3.05) is 18.5 Å². The molecule has 0 unspecified atom stereocenters. The van der Waals surface area contributed by atoms with Crippen LogP contribution in [-0.2, 0) is 19.5 Å². The van der Waals surface area contributed by atoms with E-state index >= 15 is 0 Å². The van der Waals surface area contributed by atoms with Crippen LogP contribution in [0.2, 0.25) is 0 Å². The largest absolute Gasteiger partial charge is 0.352 e. The van der Waals surface area contributed by atoms with Crippen LogP contribution in [0.5, 0.6) is 0 Å². The predicted molar refractivity (Wildman–Crippen MR) is 121 cm³/mol.